The molecule has 5 rings (SSSR count). The third-order valence-corrected chi connectivity index (χ3v) is 7.60. The second kappa shape index (κ2) is 9.39. The summed E-state index contributed by atoms with van der Waals surface area (Å²) in [4.78, 5) is 32.9. The van der Waals surface area contributed by atoms with Gasteiger partial charge in [-0.1, -0.05) is 48.5 Å². The van der Waals surface area contributed by atoms with Crippen molar-refractivity contribution in [2.75, 3.05) is 0 Å². The maximum atomic E-state index is 13.5. The molecule has 2 aliphatic rings. The van der Waals surface area contributed by atoms with Gasteiger partial charge in [-0.2, -0.15) is 0 Å². The maximum Gasteiger partial charge on any atom is 0.336 e. The highest BCUT2D eigenvalue weighted by molar-refractivity contribution is 7.10. The van der Waals surface area contributed by atoms with E-state index in [9.17, 15) is 14.7 Å². The lowest BCUT2D eigenvalue weighted by Crippen LogP contribution is -2.41. The Hall–Kier alpha value is -3.51. The van der Waals surface area contributed by atoms with Crippen molar-refractivity contribution in [3.8, 4) is 5.75 Å². The fraction of sp³-hybridized carbons (Fsp3) is 0.250. The number of benzene rings is 2. The molecule has 0 radical (unpaired) electrons. The number of esters is 1. The van der Waals surface area contributed by atoms with E-state index in [2.05, 4.69) is 6.07 Å². The number of carbonyl (C=O) groups excluding carboxylic acids is 2. The predicted octanol–water partition coefficient (Wildman–Crippen LogP) is 5.77. The first-order chi connectivity index (χ1) is 16.5. The lowest BCUT2D eigenvalue weighted by Gasteiger charge is -2.38. The molecule has 0 unspecified atom stereocenters. The lowest BCUT2D eigenvalue weighted by molar-refractivity contribution is -0.140. The van der Waals surface area contributed by atoms with Crippen LogP contribution in [0.5, 0.6) is 5.75 Å². The molecule has 0 amide bonds. The Bertz CT molecular complexity index is 1280. The minimum absolute atomic E-state index is 0.0672. The molecular weight excluding hydrogens is 446 g/mol. The molecule has 0 saturated heterocycles. The van der Waals surface area contributed by atoms with Crippen LogP contribution in [0.2, 0.25) is 0 Å². The van der Waals surface area contributed by atoms with Gasteiger partial charge in [0.2, 0.25) is 0 Å². The average molecular weight is 472 g/mol. The zero-order valence-corrected chi connectivity index (χ0v) is 19.6. The first kappa shape index (κ1) is 22.3. The molecule has 6 heteroatoms. The number of carbonyl (C=O) groups is 2. The molecule has 1 aliphatic heterocycles. The largest absolute Gasteiger partial charge is 0.508 e. The molecule has 172 valence electrons. The van der Waals surface area contributed by atoms with Crippen molar-refractivity contribution >= 4 is 28.8 Å². The molecule has 2 heterocycles. The quantitative estimate of drug-likeness (QED) is 0.479. The summed E-state index contributed by atoms with van der Waals surface area (Å²) < 4.78 is 5.68. The Balaban J connectivity index is 1.53. The van der Waals surface area contributed by atoms with Gasteiger partial charge < -0.3 is 9.84 Å². The number of thiophene rings is 1. The zero-order chi connectivity index (χ0) is 23.7. The summed E-state index contributed by atoms with van der Waals surface area (Å²) >= 11 is 1.65. The molecular formula is C28H25NO4S. The van der Waals surface area contributed by atoms with Crippen molar-refractivity contribution in [3.63, 3.8) is 0 Å². The number of ether oxygens (including phenoxy) is 1. The zero-order valence-electron chi connectivity index (χ0n) is 18.8. The van der Waals surface area contributed by atoms with E-state index in [1.807, 2.05) is 47.8 Å². The van der Waals surface area contributed by atoms with Crippen LogP contribution in [-0.4, -0.2) is 22.6 Å². The van der Waals surface area contributed by atoms with Crippen molar-refractivity contribution in [2.24, 2.45) is 10.9 Å². The number of Topliss-reactive ketones (excluding diaryl/α,β-unsaturated/α-hetero) is 1. The van der Waals surface area contributed by atoms with Gasteiger partial charge in [-0.25, -0.2) is 4.79 Å². The molecule has 34 heavy (non-hydrogen) atoms. The van der Waals surface area contributed by atoms with Crippen molar-refractivity contribution in [2.45, 2.75) is 38.2 Å². The van der Waals surface area contributed by atoms with Gasteiger partial charge in [-0.15, -0.1) is 11.3 Å². The number of hydrogen-bond donors (Lipinski definition) is 1. The molecule has 1 aliphatic carbocycles. The maximum absolute atomic E-state index is 13.5. The van der Waals surface area contributed by atoms with Crippen LogP contribution in [0.25, 0.3) is 0 Å². The number of allylic oxidation sites excluding steroid dienone is 1. The molecule has 1 N–H and O–H groups in total. The topological polar surface area (TPSA) is 76.0 Å². The fourth-order valence-electron chi connectivity index (χ4n) is 5.05. The number of ketones is 1. The standard InChI is InChI=1S/C28H25NO4S/c1-17-25(28(32)33-16-18-7-3-2-4-8-18)26(19-9-5-10-21(30)13-19)27-22(29-17)14-20(15-23(27)31)24-11-6-12-34-24/h2-13,20,26-27,30H,14-16H2,1H3/t20-,26-,27-/m0/s1. The summed E-state index contributed by atoms with van der Waals surface area (Å²) in [6, 6.07) is 20.4. The average Bonchev–Trinajstić information content (AvgIpc) is 3.37. The molecule has 0 bridgehead atoms. The summed E-state index contributed by atoms with van der Waals surface area (Å²) in [6.45, 7) is 1.94. The van der Waals surface area contributed by atoms with E-state index >= 15 is 0 Å². The Kier molecular flexibility index (Phi) is 6.16. The third-order valence-electron chi connectivity index (χ3n) is 6.56. The summed E-state index contributed by atoms with van der Waals surface area (Å²) in [5.74, 6) is -1.30. The predicted molar refractivity (Wildman–Crippen MR) is 132 cm³/mol. The highest BCUT2D eigenvalue weighted by atomic mass is 32.1. The molecule has 3 aromatic rings. The number of phenols is 1. The van der Waals surface area contributed by atoms with E-state index in [0.29, 0.717) is 29.7 Å². The summed E-state index contributed by atoms with van der Waals surface area (Å²) in [5, 5.41) is 12.2. The van der Waals surface area contributed by atoms with Gasteiger partial charge in [0.05, 0.1) is 11.5 Å². The van der Waals surface area contributed by atoms with Crippen LogP contribution < -0.4 is 0 Å². The molecule has 1 saturated carbocycles. The van der Waals surface area contributed by atoms with Gasteiger partial charge in [-0.3, -0.25) is 9.79 Å². The van der Waals surface area contributed by atoms with Gasteiger partial charge in [0, 0.05) is 34.5 Å². The van der Waals surface area contributed by atoms with E-state index in [-0.39, 0.29) is 24.1 Å². The van der Waals surface area contributed by atoms with E-state index in [0.717, 1.165) is 11.3 Å². The van der Waals surface area contributed by atoms with Gasteiger partial charge in [0.1, 0.15) is 18.1 Å². The minimum atomic E-state index is -0.542. The minimum Gasteiger partial charge on any atom is -0.508 e. The monoisotopic (exact) mass is 471 g/mol. The van der Waals surface area contributed by atoms with Crippen LogP contribution >= 0.6 is 11.3 Å². The molecule has 5 nitrogen and oxygen atoms in total. The van der Waals surface area contributed by atoms with E-state index in [4.69, 9.17) is 9.73 Å². The van der Waals surface area contributed by atoms with Crippen LogP contribution in [0.15, 0.2) is 88.4 Å². The molecule has 2 aromatic carbocycles. The van der Waals surface area contributed by atoms with Crippen LogP contribution in [0.1, 0.15) is 47.6 Å². The second-order valence-electron chi connectivity index (χ2n) is 8.80. The number of fused-ring (bicyclic) bond motifs is 1. The Labute approximate surface area is 202 Å². The molecule has 1 fully saturated rings. The number of hydrogen-bond acceptors (Lipinski definition) is 6. The van der Waals surface area contributed by atoms with Crippen molar-refractivity contribution in [1.29, 1.82) is 0 Å². The van der Waals surface area contributed by atoms with E-state index in [1.54, 1.807) is 36.5 Å². The summed E-state index contributed by atoms with van der Waals surface area (Å²) in [7, 11) is 0. The van der Waals surface area contributed by atoms with E-state index in [1.165, 1.54) is 4.88 Å². The van der Waals surface area contributed by atoms with Crippen LogP contribution in [0.4, 0.5) is 0 Å². The smallest absolute Gasteiger partial charge is 0.336 e. The van der Waals surface area contributed by atoms with Crippen LogP contribution in [-0.2, 0) is 20.9 Å². The third kappa shape index (κ3) is 4.33. The number of phenolic OH excluding ortho intramolecular Hbond substituents is 1. The highest BCUT2D eigenvalue weighted by Crippen LogP contribution is 2.46. The van der Waals surface area contributed by atoms with Gasteiger partial charge in [0.15, 0.2) is 0 Å². The SMILES string of the molecule is CC1=C(C(=O)OCc2ccccc2)[C@H](c2cccc(O)c2)[C@@H]2C(=O)C[C@@H](c3cccs3)CC2=N1. The Morgan fingerprint density at radius 1 is 1.06 bits per heavy atom. The molecule has 3 atom stereocenters. The number of nitrogens with zero attached hydrogens (tertiary/aromatic N) is 1. The lowest BCUT2D eigenvalue weighted by atomic mass is 9.67. The fourth-order valence-corrected chi connectivity index (χ4v) is 5.88. The first-order valence-corrected chi connectivity index (χ1v) is 12.2. The summed E-state index contributed by atoms with van der Waals surface area (Å²) in [5.41, 5.74) is 3.36. The Morgan fingerprint density at radius 2 is 1.88 bits per heavy atom. The number of rotatable bonds is 5. The first-order valence-electron chi connectivity index (χ1n) is 11.4. The van der Waals surface area contributed by atoms with E-state index < -0.39 is 17.8 Å². The number of aliphatic imine (C=N–C) groups is 1. The molecule has 0 spiro atoms. The van der Waals surface area contributed by atoms with Crippen molar-refractivity contribution < 1.29 is 19.4 Å². The van der Waals surface area contributed by atoms with Crippen LogP contribution in [0.3, 0.4) is 0 Å². The van der Waals surface area contributed by atoms with Gasteiger partial charge in [-0.05, 0) is 48.1 Å². The van der Waals surface area contributed by atoms with Crippen molar-refractivity contribution in [3.05, 3.63) is 99.4 Å². The van der Waals surface area contributed by atoms with Crippen molar-refractivity contribution in [1.82, 2.24) is 0 Å². The number of aromatic hydroxyl groups is 1. The Morgan fingerprint density at radius 3 is 2.62 bits per heavy atom. The molecule has 1 aromatic heterocycles. The normalized spacial score (nSPS) is 22.2. The highest BCUT2D eigenvalue weighted by Gasteiger charge is 2.46. The van der Waals surface area contributed by atoms with Crippen LogP contribution in [0, 0.1) is 5.92 Å². The summed E-state index contributed by atoms with van der Waals surface area (Å²) in [6.07, 6.45) is 1.08. The second-order valence-corrected chi connectivity index (χ2v) is 9.78. The van der Waals surface area contributed by atoms with Gasteiger partial charge in [0.25, 0.3) is 0 Å². The van der Waals surface area contributed by atoms with Gasteiger partial charge >= 0.3 is 5.97 Å².